The molecule has 0 spiro atoms. The molecule has 0 saturated heterocycles. The van der Waals surface area contributed by atoms with Crippen LogP contribution in [0.4, 0.5) is 0 Å². The van der Waals surface area contributed by atoms with Crippen molar-refractivity contribution in [2.24, 2.45) is 0 Å². The Morgan fingerprint density at radius 1 is 0.444 bits per heavy atom. The number of fused-ring (bicyclic) bond motifs is 6. The summed E-state index contributed by atoms with van der Waals surface area (Å²) in [5, 5.41) is 8.00. The van der Waals surface area contributed by atoms with E-state index in [1.807, 2.05) is 11.3 Å². The van der Waals surface area contributed by atoms with Crippen LogP contribution in [0.3, 0.4) is 0 Å². The van der Waals surface area contributed by atoms with Crippen LogP contribution >= 0.6 is 11.3 Å². The molecule has 1 heteroatoms. The van der Waals surface area contributed by atoms with Gasteiger partial charge in [-0.3, -0.25) is 0 Å². The first-order valence-electron chi connectivity index (χ1n) is 9.21. The summed E-state index contributed by atoms with van der Waals surface area (Å²) in [5.74, 6) is 0. The smallest absolute Gasteiger partial charge is 0.0362 e. The summed E-state index contributed by atoms with van der Waals surface area (Å²) in [6.45, 7) is 0. The predicted octanol–water partition coefficient (Wildman–Crippen LogP) is 8.03. The highest BCUT2D eigenvalue weighted by molar-refractivity contribution is 7.25. The van der Waals surface area contributed by atoms with Crippen molar-refractivity contribution in [1.82, 2.24) is 0 Å². The lowest BCUT2D eigenvalue weighted by atomic mass is 9.92. The third-order valence-electron chi connectivity index (χ3n) is 5.44. The standard InChI is InChI=1S/C26H16S/c1-2-8-17(9-3-1)21-14-18-10-4-5-11-19(18)22-15-24-20-12-6-7-13-25(20)27-26(24)16-23(21)22/h1-16H. The quantitative estimate of drug-likeness (QED) is 0.260. The average Bonchev–Trinajstić information content (AvgIpc) is 3.10. The van der Waals surface area contributed by atoms with Crippen molar-refractivity contribution >= 4 is 53.1 Å². The van der Waals surface area contributed by atoms with Crippen LogP contribution in [0, 0.1) is 0 Å². The summed E-state index contributed by atoms with van der Waals surface area (Å²) < 4.78 is 2.71. The molecule has 1 aromatic heterocycles. The Balaban J connectivity index is 1.85. The van der Waals surface area contributed by atoms with Gasteiger partial charge in [0.1, 0.15) is 0 Å². The molecule has 27 heavy (non-hydrogen) atoms. The van der Waals surface area contributed by atoms with E-state index in [0.29, 0.717) is 0 Å². The molecule has 0 atom stereocenters. The van der Waals surface area contributed by atoms with Gasteiger partial charge in [-0.25, -0.2) is 0 Å². The van der Waals surface area contributed by atoms with Crippen LogP contribution in [-0.2, 0) is 0 Å². The minimum atomic E-state index is 1.27. The van der Waals surface area contributed by atoms with Gasteiger partial charge in [-0.05, 0) is 56.9 Å². The van der Waals surface area contributed by atoms with Crippen molar-refractivity contribution in [2.75, 3.05) is 0 Å². The van der Waals surface area contributed by atoms with Gasteiger partial charge in [-0.15, -0.1) is 11.3 Å². The summed E-state index contributed by atoms with van der Waals surface area (Å²) >= 11 is 1.89. The first kappa shape index (κ1) is 15.0. The maximum atomic E-state index is 2.40. The second-order valence-corrected chi connectivity index (χ2v) is 8.09. The van der Waals surface area contributed by atoms with Crippen molar-refractivity contribution in [3.05, 3.63) is 97.1 Å². The molecule has 0 aliphatic carbocycles. The van der Waals surface area contributed by atoms with Crippen LogP contribution < -0.4 is 0 Å². The maximum absolute atomic E-state index is 2.40. The Morgan fingerprint density at radius 2 is 1.19 bits per heavy atom. The summed E-state index contributed by atoms with van der Waals surface area (Å²) in [6, 6.07) is 35.3. The number of thiophene rings is 1. The van der Waals surface area contributed by atoms with Crippen LogP contribution in [0.1, 0.15) is 0 Å². The monoisotopic (exact) mass is 360 g/mol. The van der Waals surface area contributed by atoms with E-state index >= 15 is 0 Å². The fourth-order valence-corrected chi connectivity index (χ4v) is 5.30. The van der Waals surface area contributed by atoms with E-state index in [-0.39, 0.29) is 0 Å². The molecule has 0 amide bonds. The molecule has 0 bridgehead atoms. The molecule has 0 saturated carbocycles. The van der Waals surface area contributed by atoms with Gasteiger partial charge in [-0.2, -0.15) is 0 Å². The fraction of sp³-hybridized carbons (Fsp3) is 0. The highest BCUT2D eigenvalue weighted by atomic mass is 32.1. The zero-order valence-electron chi connectivity index (χ0n) is 14.6. The van der Waals surface area contributed by atoms with Crippen molar-refractivity contribution < 1.29 is 0 Å². The lowest BCUT2D eigenvalue weighted by Gasteiger charge is -2.11. The van der Waals surface area contributed by atoms with E-state index in [2.05, 4.69) is 97.1 Å². The highest BCUT2D eigenvalue weighted by Gasteiger charge is 2.12. The molecular formula is C26H16S. The summed E-state index contributed by atoms with van der Waals surface area (Å²) in [4.78, 5) is 0. The normalized spacial score (nSPS) is 11.7. The molecule has 6 rings (SSSR count). The molecule has 0 unspecified atom stereocenters. The second kappa shape index (κ2) is 5.67. The van der Waals surface area contributed by atoms with Crippen molar-refractivity contribution in [3.63, 3.8) is 0 Å². The summed E-state index contributed by atoms with van der Waals surface area (Å²) in [5.41, 5.74) is 2.58. The van der Waals surface area contributed by atoms with Gasteiger partial charge in [0, 0.05) is 20.2 Å². The molecule has 0 aliphatic rings. The zero-order chi connectivity index (χ0) is 17.8. The number of rotatable bonds is 1. The van der Waals surface area contributed by atoms with Gasteiger partial charge < -0.3 is 0 Å². The number of benzene rings is 5. The fourth-order valence-electron chi connectivity index (χ4n) is 4.17. The van der Waals surface area contributed by atoms with Gasteiger partial charge in [-0.1, -0.05) is 72.8 Å². The lowest BCUT2D eigenvalue weighted by Crippen LogP contribution is -1.84. The minimum Gasteiger partial charge on any atom is -0.135 e. The zero-order valence-corrected chi connectivity index (χ0v) is 15.5. The first-order valence-corrected chi connectivity index (χ1v) is 10.0. The largest absolute Gasteiger partial charge is 0.135 e. The molecule has 0 nitrogen and oxygen atoms in total. The minimum absolute atomic E-state index is 1.27. The molecule has 0 radical (unpaired) electrons. The molecule has 5 aromatic carbocycles. The number of hydrogen-bond acceptors (Lipinski definition) is 1. The van der Waals surface area contributed by atoms with E-state index < -0.39 is 0 Å². The summed E-state index contributed by atoms with van der Waals surface area (Å²) in [6.07, 6.45) is 0. The number of hydrogen-bond donors (Lipinski definition) is 0. The van der Waals surface area contributed by atoms with E-state index in [1.165, 1.54) is 52.8 Å². The SMILES string of the molecule is c1ccc(-c2cc3ccccc3c3cc4c(cc23)sc2ccccc24)cc1. The molecule has 6 aromatic rings. The molecule has 1 heterocycles. The molecule has 0 N–H and O–H groups in total. The van der Waals surface area contributed by atoms with Crippen LogP contribution in [0.25, 0.3) is 52.8 Å². The van der Waals surface area contributed by atoms with Gasteiger partial charge in [0.25, 0.3) is 0 Å². The van der Waals surface area contributed by atoms with Gasteiger partial charge in [0.15, 0.2) is 0 Å². The Bertz CT molecular complexity index is 1460. The third kappa shape index (κ3) is 2.22. The second-order valence-electron chi connectivity index (χ2n) is 7.00. The van der Waals surface area contributed by atoms with Crippen molar-refractivity contribution in [3.8, 4) is 11.1 Å². The van der Waals surface area contributed by atoms with Crippen LogP contribution in [0.5, 0.6) is 0 Å². The third-order valence-corrected chi connectivity index (χ3v) is 6.58. The predicted molar refractivity (Wildman–Crippen MR) is 120 cm³/mol. The highest BCUT2D eigenvalue weighted by Crippen LogP contribution is 2.41. The van der Waals surface area contributed by atoms with Gasteiger partial charge in [0.05, 0.1) is 0 Å². The molecular weight excluding hydrogens is 344 g/mol. The summed E-state index contributed by atoms with van der Waals surface area (Å²) in [7, 11) is 0. The van der Waals surface area contributed by atoms with Crippen molar-refractivity contribution in [1.29, 1.82) is 0 Å². The molecule has 0 fully saturated rings. The van der Waals surface area contributed by atoms with Gasteiger partial charge >= 0.3 is 0 Å². The topological polar surface area (TPSA) is 0 Å². The van der Waals surface area contributed by atoms with E-state index in [9.17, 15) is 0 Å². The van der Waals surface area contributed by atoms with Crippen LogP contribution in [0.2, 0.25) is 0 Å². The van der Waals surface area contributed by atoms with Gasteiger partial charge in [0.2, 0.25) is 0 Å². The Hall–Kier alpha value is -3.16. The average molecular weight is 360 g/mol. The molecule has 0 aliphatic heterocycles. The lowest BCUT2D eigenvalue weighted by molar-refractivity contribution is 1.67. The van der Waals surface area contributed by atoms with Crippen LogP contribution in [0.15, 0.2) is 97.1 Å². The molecule has 126 valence electrons. The van der Waals surface area contributed by atoms with Crippen LogP contribution in [-0.4, -0.2) is 0 Å². The van der Waals surface area contributed by atoms with E-state index in [1.54, 1.807) is 0 Å². The van der Waals surface area contributed by atoms with E-state index in [0.717, 1.165) is 0 Å². The van der Waals surface area contributed by atoms with E-state index in [4.69, 9.17) is 0 Å². The Labute approximate surface area is 161 Å². The van der Waals surface area contributed by atoms with Crippen molar-refractivity contribution in [2.45, 2.75) is 0 Å². The Kier molecular flexibility index (Phi) is 3.14. The maximum Gasteiger partial charge on any atom is 0.0362 e. The Morgan fingerprint density at radius 3 is 2.07 bits per heavy atom. The first-order chi connectivity index (χ1) is 13.4.